The van der Waals surface area contributed by atoms with Gasteiger partial charge in [-0.15, -0.1) is 0 Å². The topological polar surface area (TPSA) is 35.2 Å². The normalized spacial score (nSPS) is 13.9. The van der Waals surface area contributed by atoms with Crippen molar-refractivity contribution < 1.29 is 9.13 Å². The maximum Gasteiger partial charge on any atom is 0.137 e. The van der Waals surface area contributed by atoms with E-state index in [-0.39, 0.29) is 5.82 Å². The molecule has 0 radical (unpaired) electrons. The summed E-state index contributed by atoms with van der Waals surface area (Å²) >= 11 is 5.98. The van der Waals surface area contributed by atoms with Gasteiger partial charge >= 0.3 is 0 Å². The van der Waals surface area contributed by atoms with Crippen molar-refractivity contribution in [1.29, 1.82) is 0 Å². The molecule has 0 saturated heterocycles. The summed E-state index contributed by atoms with van der Waals surface area (Å²) in [6.45, 7) is 1.76. The van der Waals surface area contributed by atoms with Crippen LogP contribution in [0.2, 0.25) is 5.02 Å². The third kappa shape index (κ3) is 2.57. The molecule has 19 heavy (non-hydrogen) atoms. The number of benzene rings is 2. The highest BCUT2D eigenvalue weighted by molar-refractivity contribution is 6.32. The number of rotatable bonds is 3. The Morgan fingerprint density at radius 1 is 1.21 bits per heavy atom. The van der Waals surface area contributed by atoms with Crippen molar-refractivity contribution >= 4 is 11.6 Å². The van der Waals surface area contributed by atoms with Gasteiger partial charge in [-0.1, -0.05) is 35.9 Å². The van der Waals surface area contributed by atoms with Gasteiger partial charge in [0.05, 0.1) is 17.7 Å². The Labute approximate surface area is 117 Å². The second kappa shape index (κ2) is 5.19. The summed E-state index contributed by atoms with van der Waals surface area (Å²) in [6, 6.07) is 11.7. The molecule has 0 aliphatic heterocycles. The molecule has 0 bridgehead atoms. The summed E-state index contributed by atoms with van der Waals surface area (Å²) in [6.07, 6.45) is 0. The van der Waals surface area contributed by atoms with Crippen LogP contribution in [0.25, 0.3) is 0 Å². The lowest BCUT2D eigenvalue weighted by Gasteiger charge is -2.27. The highest BCUT2D eigenvalue weighted by Crippen LogP contribution is 2.33. The molecule has 0 aliphatic rings. The third-order valence-electron chi connectivity index (χ3n) is 3.18. The van der Waals surface area contributed by atoms with Crippen LogP contribution in [0.3, 0.4) is 0 Å². The minimum atomic E-state index is -0.955. The SMILES string of the molecule is COc1cc(C(C)(N)c2ccccc2F)ccc1Cl. The van der Waals surface area contributed by atoms with Crippen LogP contribution in [0, 0.1) is 5.82 Å². The molecular formula is C15H15ClFNO. The number of ether oxygens (including phenoxy) is 1. The molecule has 100 valence electrons. The molecule has 0 heterocycles. The fraction of sp³-hybridized carbons (Fsp3) is 0.200. The summed E-state index contributed by atoms with van der Waals surface area (Å²) in [4.78, 5) is 0. The molecule has 0 spiro atoms. The van der Waals surface area contributed by atoms with Crippen LogP contribution in [-0.2, 0) is 5.54 Å². The van der Waals surface area contributed by atoms with Gasteiger partial charge in [-0.25, -0.2) is 4.39 Å². The molecule has 2 aromatic rings. The molecule has 4 heteroatoms. The Morgan fingerprint density at radius 2 is 1.89 bits per heavy atom. The molecule has 0 fully saturated rings. The van der Waals surface area contributed by atoms with E-state index in [0.29, 0.717) is 16.3 Å². The summed E-state index contributed by atoms with van der Waals surface area (Å²) in [5, 5.41) is 0.496. The molecule has 2 aromatic carbocycles. The fourth-order valence-corrected chi connectivity index (χ4v) is 2.22. The maximum absolute atomic E-state index is 13.9. The molecule has 1 unspecified atom stereocenters. The summed E-state index contributed by atoms with van der Waals surface area (Å²) in [5.74, 6) is 0.189. The fourth-order valence-electron chi connectivity index (χ4n) is 2.02. The highest BCUT2D eigenvalue weighted by atomic mass is 35.5. The lowest BCUT2D eigenvalue weighted by Crippen LogP contribution is -2.35. The average Bonchev–Trinajstić information content (AvgIpc) is 2.39. The van der Waals surface area contributed by atoms with Gasteiger partial charge in [-0.05, 0) is 30.7 Å². The predicted octanol–water partition coefficient (Wildman–Crippen LogP) is 3.71. The van der Waals surface area contributed by atoms with Gasteiger partial charge < -0.3 is 10.5 Å². The van der Waals surface area contributed by atoms with Gasteiger partial charge in [-0.2, -0.15) is 0 Å². The van der Waals surface area contributed by atoms with Crippen LogP contribution >= 0.6 is 11.6 Å². The Kier molecular flexibility index (Phi) is 3.78. The second-order valence-electron chi connectivity index (χ2n) is 4.53. The van der Waals surface area contributed by atoms with E-state index in [1.54, 1.807) is 43.3 Å². The number of halogens is 2. The van der Waals surface area contributed by atoms with E-state index in [1.807, 2.05) is 0 Å². The molecule has 1 atom stereocenters. The van der Waals surface area contributed by atoms with Crippen LogP contribution in [0.15, 0.2) is 42.5 Å². The molecule has 0 amide bonds. The van der Waals surface area contributed by atoms with Crippen LogP contribution in [0.4, 0.5) is 4.39 Å². The van der Waals surface area contributed by atoms with E-state index in [4.69, 9.17) is 22.1 Å². The third-order valence-corrected chi connectivity index (χ3v) is 3.50. The van der Waals surface area contributed by atoms with Crippen molar-refractivity contribution in [2.45, 2.75) is 12.5 Å². The molecule has 2 nitrogen and oxygen atoms in total. The van der Waals surface area contributed by atoms with Gasteiger partial charge in [0.25, 0.3) is 0 Å². The maximum atomic E-state index is 13.9. The van der Waals surface area contributed by atoms with Gasteiger partial charge in [0, 0.05) is 5.56 Å². The summed E-state index contributed by atoms with van der Waals surface area (Å²) in [5.41, 5.74) is 6.51. The molecule has 2 N–H and O–H groups in total. The van der Waals surface area contributed by atoms with Crippen LogP contribution in [0.1, 0.15) is 18.1 Å². The monoisotopic (exact) mass is 279 g/mol. The first kappa shape index (κ1) is 13.8. The van der Waals surface area contributed by atoms with Crippen molar-refractivity contribution in [3.05, 3.63) is 64.4 Å². The Morgan fingerprint density at radius 3 is 2.53 bits per heavy atom. The minimum Gasteiger partial charge on any atom is -0.495 e. The zero-order valence-corrected chi connectivity index (χ0v) is 11.5. The lowest BCUT2D eigenvalue weighted by molar-refractivity contribution is 0.412. The minimum absolute atomic E-state index is 0.332. The van der Waals surface area contributed by atoms with Gasteiger partial charge in [-0.3, -0.25) is 0 Å². The zero-order valence-electron chi connectivity index (χ0n) is 10.8. The lowest BCUT2D eigenvalue weighted by atomic mass is 9.85. The van der Waals surface area contributed by atoms with Crippen molar-refractivity contribution in [1.82, 2.24) is 0 Å². The van der Waals surface area contributed by atoms with Gasteiger partial charge in [0.2, 0.25) is 0 Å². The zero-order chi connectivity index (χ0) is 14.0. The number of nitrogens with two attached hydrogens (primary N) is 1. The molecule has 0 aromatic heterocycles. The predicted molar refractivity (Wildman–Crippen MR) is 75.0 cm³/mol. The quantitative estimate of drug-likeness (QED) is 0.929. The van der Waals surface area contributed by atoms with Crippen molar-refractivity contribution in [2.24, 2.45) is 5.73 Å². The first-order valence-electron chi connectivity index (χ1n) is 5.84. The molecule has 0 aliphatic carbocycles. The van der Waals surface area contributed by atoms with E-state index in [1.165, 1.54) is 13.2 Å². The molecule has 0 saturated carbocycles. The molecule has 2 rings (SSSR count). The van der Waals surface area contributed by atoms with Crippen molar-refractivity contribution in [2.75, 3.05) is 7.11 Å². The summed E-state index contributed by atoms with van der Waals surface area (Å²) in [7, 11) is 1.53. The smallest absolute Gasteiger partial charge is 0.137 e. The number of hydrogen-bond donors (Lipinski definition) is 1. The average molecular weight is 280 g/mol. The van der Waals surface area contributed by atoms with E-state index in [9.17, 15) is 4.39 Å². The number of methoxy groups -OCH3 is 1. The summed E-state index contributed by atoms with van der Waals surface area (Å²) < 4.78 is 19.1. The van der Waals surface area contributed by atoms with E-state index >= 15 is 0 Å². The van der Waals surface area contributed by atoms with Crippen LogP contribution in [-0.4, -0.2) is 7.11 Å². The largest absolute Gasteiger partial charge is 0.495 e. The van der Waals surface area contributed by atoms with Gasteiger partial charge in [0.15, 0.2) is 0 Å². The van der Waals surface area contributed by atoms with Crippen molar-refractivity contribution in [3.63, 3.8) is 0 Å². The van der Waals surface area contributed by atoms with Crippen LogP contribution < -0.4 is 10.5 Å². The standard InChI is InChI=1S/C15H15ClFNO/c1-15(18,11-5-3-4-6-13(11)17)10-7-8-12(16)14(9-10)19-2/h3-9H,18H2,1-2H3. The molecular weight excluding hydrogens is 265 g/mol. The van der Waals surface area contributed by atoms with E-state index in [0.717, 1.165) is 5.56 Å². The van der Waals surface area contributed by atoms with Crippen molar-refractivity contribution in [3.8, 4) is 5.75 Å². The van der Waals surface area contributed by atoms with E-state index < -0.39 is 5.54 Å². The number of hydrogen-bond acceptors (Lipinski definition) is 2. The Bertz CT molecular complexity index is 598. The Hall–Kier alpha value is -1.58. The first-order chi connectivity index (χ1) is 8.96. The van der Waals surface area contributed by atoms with E-state index in [2.05, 4.69) is 0 Å². The highest BCUT2D eigenvalue weighted by Gasteiger charge is 2.27. The van der Waals surface area contributed by atoms with Gasteiger partial charge in [0.1, 0.15) is 11.6 Å². The van der Waals surface area contributed by atoms with Crippen LogP contribution in [0.5, 0.6) is 5.75 Å². The Balaban J connectivity index is 2.53. The first-order valence-corrected chi connectivity index (χ1v) is 6.22. The second-order valence-corrected chi connectivity index (χ2v) is 4.94.